The number of ketones is 1. The van der Waals surface area contributed by atoms with Gasteiger partial charge in [0.2, 0.25) is 10.0 Å². The van der Waals surface area contributed by atoms with Crippen molar-refractivity contribution in [2.75, 3.05) is 23.1 Å². The number of imide groups is 1. The maximum Gasteiger partial charge on any atom is 0.325 e. The highest BCUT2D eigenvalue weighted by Crippen LogP contribution is 2.34. The third kappa shape index (κ3) is 3.78. The molecule has 2 heterocycles. The smallest absolute Gasteiger partial charge is 0.319 e. The average molecular weight is 474 g/mol. The van der Waals surface area contributed by atoms with Crippen LogP contribution in [0.1, 0.15) is 41.8 Å². The van der Waals surface area contributed by atoms with E-state index in [2.05, 4.69) is 5.32 Å². The molecule has 33 heavy (non-hydrogen) atoms. The second-order valence-corrected chi connectivity index (χ2v) is 10.3. The molecular weight excluding hydrogens is 449 g/mol. The molecule has 2 aromatic carbocycles. The van der Waals surface area contributed by atoms with E-state index in [1.807, 2.05) is 0 Å². The van der Waals surface area contributed by atoms with E-state index >= 15 is 0 Å². The van der Waals surface area contributed by atoms with Crippen LogP contribution in [-0.2, 0) is 26.8 Å². The molecule has 0 bridgehead atoms. The number of fused-ring (bicyclic) bond motifs is 1. The van der Waals surface area contributed by atoms with Gasteiger partial charge in [-0.1, -0.05) is 19.1 Å². The van der Waals surface area contributed by atoms with E-state index < -0.39 is 45.6 Å². The summed E-state index contributed by atoms with van der Waals surface area (Å²) in [7, 11) is -3.40. The van der Waals surface area contributed by atoms with E-state index in [4.69, 9.17) is 0 Å². The summed E-state index contributed by atoms with van der Waals surface area (Å²) < 4.78 is 39.2. The summed E-state index contributed by atoms with van der Waals surface area (Å²) in [4.78, 5) is 39.7. The van der Waals surface area contributed by atoms with Gasteiger partial charge in [-0.05, 0) is 61.2 Å². The third-order valence-corrected chi connectivity index (χ3v) is 8.08. The predicted octanol–water partition coefficient (Wildman–Crippen LogP) is 2.58. The molecule has 3 amide bonds. The molecule has 2 aliphatic rings. The van der Waals surface area contributed by atoms with Gasteiger partial charge in [0.25, 0.3) is 5.91 Å². The number of carbonyl (C=O) groups excluding carboxylic acids is 3. The van der Waals surface area contributed by atoms with Gasteiger partial charge in [0.05, 0.1) is 18.0 Å². The van der Waals surface area contributed by atoms with Crippen LogP contribution in [0.5, 0.6) is 0 Å². The Morgan fingerprint density at radius 2 is 1.82 bits per heavy atom. The van der Waals surface area contributed by atoms with Crippen LogP contribution in [0.2, 0.25) is 0 Å². The molecule has 0 saturated carbocycles. The summed E-state index contributed by atoms with van der Waals surface area (Å²) in [6.45, 7) is 3.16. The number of amides is 3. The van der Waals surface area contributed by atoms with E-state index in [-0.39, 0.29) is 12.2 Å². The Morgan fingerprint density at radius 1 is 1.12 bits per heavy atom. The number of anilines is 1. The molecule has 0 radical (unpaired) electrons. The molecule has 2 aromatic rings. The first-order chi connectivity index (χ1) is 15.6. The van der Waals surface area contributed by atoms with Crippen molar-refractivity contribution in [1.29, 1.82) is 0 Å². The van der Waals surface area contributed by atoms with Gasteiger partial charge in [-0.15, -0.1) is 0 Å². The Morgan fingerprint density at radius 3 is 2.45 bits per heavy atom. The first kappa shape index (κ1) is 22.9. The van der Waals surface area contributed by atoms with Gasteiger partial charge in [-0.25, -0.2) is 17.6 Å². The minimum absolute atomic E-state index is 0.0213. The van der Waals surface area contributed by atoms with Crippen molar-refractivity contribution in [3.8, 4) is 0 Å². The maximum atomic E-state index is 13.4. The van der Waals surface area contributed by atoms with E-state index in [0.717, 1.165) is 10.5 Å². The molecular formula is C23H24FN3O5S. The van der Waals surface area contributed by atoms with E-state index in [0.29, 0.717) is 29.8 Å². The Bertz CT molecular complexity index is 1250. The predicted molar refractivity (Wildman–Crippen MR) is 120 cm³/mol. The molecule has 0 aromatic heterocycles. The highest BCUT2D eigenvalue weighted by molar-refractivity contribution is 7.92. The normalized spacial score (nSPS) is 20.2. The van der Waals surface area contributed by atoms with E-state index in [1.165, 1.54) is 34.6 Å². The van der Waals surface area contributed by atoms with Gasteiger partial charge in [-0.3, -0.25) is 18.8 Å². The standard InChI is InChI=1S/C23H24FN3O5S/c1-3-23(17-6-8-18(24)9-7-17)21(29)26(22(30)25-23)14-20(28)16-5-10-19-15(13-16)11-12-27(19)33(31,32)4-2/h5-10,13H,3-4,11-12,14H2,1-2H3,(H,25,30)/t23-/m0/s1. The molecule has 174 valence electrons. The van der Waals surface area contributed by atoms with Gasteiger partial charge in [-0.2, -0.15) is 0 Å². The minimum Gasteiger partial charge on any atom is -0.319 e. The van der Waals surface area contributed by atoms with Crippen molar-refractivity contribution in [3.63, 3.8) is 0 Å². The maximum absolute atomic E-state index is 13.4. The number of sulfonamides is 1. The van der Waals surface area contributed by atoms with E-state index in [1.54, 1.807) is 26.0 Å². The summed E-state index contributed by atoms with van der Waals surface area (Å²) in [6.07, 6.45) is 0.705. The fraction of sp³-hybridized carbons (Fsp3) is 0.348. The Hall–Kier alpha value is -3.27. The van der Waals surface area contributed by atoms with Crippen LogP contribution in [0.25, 0.3) is 0 Å². The van der Waals surface area contributed by atoms with Crippen molar-refractivity contribution in [1.82, 2.24) is 10.2 Å². The lowest BCUT2D eigenvalue weighted by molar-refractivity contribution is -0.131. The average Bonchev–Trinajstić information content (AvgIpc) is 3.34. The fourth-order valence-corrected chi connectivity index (χ4v) is 5.53. The first-order valence-electron chi connectivity index (χ1n) is 10.7. The molecule has 1 saturated heterocycles. The monoisotopic (exact) mass is 473 g/mol. The largest absolute Gasteiger partial charge is 0.325 e. The number of Topliss-reactive ketones (excluding diaryl/α,β-unsaturated/α-hetero) is 1. The van der Waals surface area contributed by atoms with Crippen molar-refractivity contribution < 1.29 is 27.2 Å². The van der Waals surface area contributed by atoms with Gasteiger partial charge in [0.15, 0.2) is 5.78 Å². The highest BCUT2D eigenvalue weighted by atomic mass is 32.2. The number of rotatable bonds is 7. The minimum atomic E-state index is -3.40. The van der Waals surface area contributed by atoms with Gasteiger partial charge in [0, 0.05) is 12.1 Å². The summed E-state index contributed by atoms with van der Waals surface area (Å²) in [5, 5.41) is 2.67. The lowest BCUT2D eigenvalue weighted by Gasteiger charge is -2.25. The molecule has 2 aliphatic heterocycles. The van der Waals surface area contributed by atoms with Crippen molar-refractivity contribution in [2.45, 2.75) is 32.2 Å². The van der Waals surface area contributed by atoms with E-state index in [9.17, 15) is 27.2 Å². The zero-order chi connectivity index (χ0) is 24.0. The van der Waals surface area contributed by atoms with Crippen LogP contribution < -0.4 is 9.62 Å². The Labute approximate surface area is 191 Å². The van der Waals surface area contributed by atoms with Gasteiger partial charge >= 0.3 is 6.03 Å². The van der Waals surface area contributed by atoms with Crippen LogP contribution in [0.4, 0.5) is 14.9 Å². The molecule has 10 heteroatoms. The summed E-state index contributed by atoms with van der Waals surface area (Å²) >= 11 is 0. The topological polar surface area (TPSA) is 104 Å². The Balaban J connectivity index is 1.56. The molecule has 0 unspecified atom stereocenters. The number of hydrogen-bond donors (Lipinski definition) is 1. The van der Waals surface area contributed by atoms with Crippen LogP contribution in [-0.4, -0.2) is 49.9 Å². The number of carbonyl (C=O) groups is 3. The molecule has 1 atom stereocenters. The van der Waals surface area contributed by atoms with Crippen LogP contribution in [0, 0.1) is 5.82 Å². The second kappa shape index (κ2) is 8.26. The summed E-state index contributed by atoms with van der Waals surface area (Å²) in [5.74, 6) is -1.50. The van der Waals surface area contributed by atoms with Gasteiger partial charge < -0.3 is 5.32 Å². The zero-order valence-corrected chi connectivity index (χ0v) is 19.1. The van der Waals surface area contributed by atoms with Crippen LogP contribution in [0.15, 0.2) is 42.5 Å². The molecule has 1 fully saturated rings. The number of hydrogen-bond acceptors (Lipinski definition) is 5. The number of benzene rings is 2. The first-order valence-corrected chi connectivity index (χ1v) is 12.3. The van der Waals surface area contributed by atoms with Gasteiger partial charge in [0.1, 0.15) is 11.4 Å². The summed E-state index contributed by atoms with van der Waals surface area (Å²) in [6, 6.07) is 9.34. The number of nitrogens with zero attached hydrogens (tertiary/aromatic N) is 2. The molecule has 1 N–H and O–H groups in total. The quantitative estimate of drug-likeness (QED) is 0.492. The molecule has 8 nitrogen and oxygen atoms in total. The third-order valence-electron chi connectivity index (χ3n) is 6.30. The van der Waals surface area contributed by atoms with Crippen LogP contribution >= 0.6 is 0 Å². The van der Waals surface area contributed by atoms with Crippen LogP contribution in [0.3, 0.4) is 0 Å². The summed E-state index contributed by atoms with van der Waals surface area (Å²) in [5.41, 5.74) is 0.641. The van der Waals surface area contributed by atoms with Crippen molar-refractivity contribution in [2.24, 2.45) is 0 Å². The molecule has 0 aliphatic carbocycles. The molecule has 4 rings (SSSR count). The molecule has 0 spiro atoms. The van der Waals surface area contributed by atoms with Crippen molar-refractivity contribution >= 4 is 33.4 Å². The zero-order valence-electron chi connectivity index (χ0n) is 18.3. The second-order valence-electron chi connectivity index (χ2n) is 8.08. The number of nitrogens with one attached hydrogen (secondary N) is 1. The number of halogens is 1. The number of urea groups is 1. The lowest BCUT2D eigenvalue weighted by Crippen LogP contribution is -2.43. The SMILES string of the molecule is CC[C@@]1(c2ccc(F)cc2)NC(=O)N(CC(=O)c2ccc3c(c2)CCN3S(=O)(=O)CC)C1=O. The van der Waals surface area contributed by atoms with Crippen molar-refractivity contribution in [3.05, 3.63) is 65.0 Å². The highest BCUT2D eigenvalue weighted by Gasteiger charge is 2.51. The fourth-order valence-electron chi connectivity index (χ4n) is 4.37. The Kier molecular flexibility index (Phi) is 5.73. The lowest BCUT2D eigenvalue weighted by atomic mass is 9.87.